The molecule has 0 radical (unpaired) electrons. The number of nitrogens with zero attached hydrogens (tertiary/aromatic N) is 3. The maximum absolute atomic E-state index is 12.9. The molecule has 1 aliphatic rings. The maximum atomic E-state index is 12.9. The number of aromatic nitrogens is 4. The van der Waals surface area contributed by atoms with Crippen LogP contribution in [-0.4, -0.2) is 43.6 Å². The molecule has 0 aliphatic carbocycles. The Hall–Kier alpha value is -2.83. The third-order valence-electron chi connectivity index (χ3n) is 4.84. The van der Waals surface area contributed by atoms with Crippen LogP contribution in [-0.2, 0) is 0 Å². The highest BCUT2D eigenvalue weighted by Gasteiger charge is 2.27. The van der Waals surface area contributed by atoms with Gasteiger partial charge in [0.25, 0.3) is 5.91 Å². The monoisotopic (exact) mass is 339 g/mol. The van der Waals surface area contributed by atoms with Crippen molar-refractivity contribution in [3.63, 3.8) is 0 Å². The first-order chi connectivity index (χ1) is 12.0. The van der Waals surface area contributed by atoms with Crippen molar-refractivity contribution < 1.29 is 4.79 Å². The van der Waals surface area contributed by atoms with Gasteiger partial charge in [0.1, 0.15) is 0 Å². The Balaban J connectivity index is 1.58. The van der Waals surface area contributed by atoms with E-state index in [1.54, 1.807) is 18.2 Å². The van der Waals surface area contributed by atoms with Crippen LogP contribution in [0, 0.1) is 13.8 Å². The molecule has 130 valence electrons. The molecule has 0 bridgehead atoms. The van der Waals surface area contributed by atoms with Gasteiger partial charge in [0.2, 0.25) is 0 Å². The predicted molar refractivity (Wildman–Crippen MR) is 94.8 cm³/mol. The summed E-state index contributed by atoms with van der Waals surface area (Å²) in [6.07, 6.45) is 1.98. The minimum Gasteiger partial charge on any atom is -0.337 e. The lowest BCUT2D eigenvalue weighted by molar-refractivity contribution is 0.0671. The van der Waals surface area contributed by atoms with Gasteiger partial charge in [-0.15, -0.1) is 0 Å². The SMILES string of the molecule is Cc1cc(C)n(C2CCCN(C(=O)c3ccc4[nH]c(=O)[nH]c4c3)C2)n1. The van der Waals surface area contributed by atoms with E-state index in [0.29, 0.717) is 23.1 Å². The van der Waals surface area contributed by atoms with Gasteiger partial charge in [0.15, 0.2) is 0 Å². The van der Waals surface area contributed by atoms with Gasteiger partial charge < -0.3 is 14.9 Å². The molecule has 7 heteroatoms. The number of carbonyl (C=O) groups excluding carboxylic acids is 1. The highest BCUT2D eigenvalue weighted by atomic mass is 16.2. The van der Waals surface area contributed by atoms with Crippen LogP contribution >= 0.6 is 0 Å². The summed E-state index contributed by atoms with van der Waals surface area (Å²) in [5, 5.41) is 4.58. The van der Waals surface area contributed by atoms with E-state index >= 15 is 0 Å². The van der Waals surface area contributed by atoms with E-state index < -0.39 is 0 Å². The Morgan fingerprint density at radius 1 is 1.20 bits per heavy atom. The highest BCUT2D eigenvalue weighted by molar-refractivity contribution is 5.97. The number of hydrogen-bond donors (Lipinski definition) is 2. The number of fused-ring (bicyclic) bond motifs is 1. The Kier molecular flexibility index (Phi) is 3.71. The van der Waals surface area contributed by atoms with Crippen molar-refractivity contribution in [1.82, 2.24) is 24.6 Å². The molecule has 25 heavy (non-hydrogen) atoms. The Labute approximate surface area is 144 Å². The van der Waals surface area contributed by atoms with Crippen molar-refractivity contribution in [3.05, 3.63) is 51.7 Å². The third kappa shape index (κ3) is 2.86. The molecule has 1 aliphatic heterocycles. The summed E-state index contributed by atoms with van der Waals surface area (Å²) in [6.45, 7) is 5.44. The summed E-state index contributed by atoms with van der Waals surface area (Å²) in [4.78, 5) is 31.6. The number of H-pyrrole nitrogens is 2. The topological polar surface area (TPSA) is 86.8 Å². The Morgan fingerprint density at radius 3 is 2.76 bits per heavy atom. The number of rotatable bonds is 2. The first-order valence-corrected chi connectivity index (χ1v) is 8.55. The van der Waals surface area contributed by atoms with E-state index in [1.807, 2.05) is 16.5 Å². The molecular weight excluding hydrogens is 318 g/mol. The van der Waals surface area contributed by atoms with Crippen LogP contribution < -0.4 is 5.69 Å². The average Bonchev–Trinajstić information content (AvgIpc) is 3.14. The van der Waals surface area contributed by atoms with Crippen LogP contribution in [0.1, 0.15) is 40.6 Å². The van der Waals surface area contributed by atoms with E-state index in [9.17, 15) is 9.59 Å². The van der Waals surface area contributed by atoms with E-state index in [-0.39, 0.29) is 17.6 Å². The van der Waals surface area contributed by atoms with E-state index in [2.05, 4.69) is 28.1 Å². The van der Waals surface area contributed by atoms with Crippen molar-refractivity contribution >= 4 is 16.9 Å². The molecule has 0 spiro atoms. The molecule has 1 amide bonds. The lowest BCUT2D eigenvalue weighted by Crippen LogP contribution is -2.41. The Morgan fingerprint density at radius 2 is 2.00 bits per heavy atom. The standard InChI is InChI=1S/C18H21N5O2/c1-11-8-12(2)23(21-11)14-4-3-7-22(10-14)17(24)13-5-6-15-16(9-13)20-18(25)19-15/h5-6,8-9,14H,3-4,7,10H2,1-2H3,(H2,19,20,25). The molecular formula is C18H21N5O2. The maximum Gasteiger partial charge on any atom is 0.323 e. The van der Waals surface area contributed by atoms with Crippen LogP contribution in [0.15, 0.2) is 29.1 Å². The molecule has 4 rings (SSSR count). The number of aryl methyl sites for hydroxylation is 2. The number of amides is 1. The molecule has 7 nitrogen and oxygen atoms in total. The summed E-state index contributed by atoms with van der Waals surface area (Å²) in [6, 6.07) is 7.55. The number of imidazole rings is 1. The van der Waals surface area contributed by atoms with Crippen LogP contribution in [0.4, 0.5) is 0 Å². The van der Waals surface area contributed by atoms with E-state index in [1.165, 1.54) is 0 Å². The molecule has 1 aromatic carbocycles. The van der Waals surface area contributed by atoms with Crippen molar-refractivity contribution in [2.24, 2.45) is 0 Å². The van der Waals surface area contributed by atoms with E-state index in [4.69, 9.17) is 0 Å². The van der Waals surface area contributed by atoms with E-state index in [0.717, 1.165) is 30.8 Å². The van der Waals surface area contributed by atoms with Gasteiger partial charge >= 0.3 is 5.69 Å². The van der Waals surface area contributed by atoms with Gasteiger partial charge in [-0.1, -0.05) is 0 Å². The number of aromatic amines is 2. The fourth-order valence-electron chi connectivity index (χ4n) is 3.70. The quantitative estimate of drug-likeness (QED) is 0.750. The minimum absolute atomic E-state index is 0.00446. The van der Waals surface area contributed by atoms with Crippen molar-refractivity contribution in [3.8, 4) is 0 Å². The van der Waals surface area contributed by atoms with Crippen LogP contribution in [0.3, 0.4) is 0 Å². The zero-order valence-electron chi connectivity index (χ0n) is 14.4. The number of piperidine rings is 1. The lowest BCUT2D eigenvalue weighted by Gasteiger charge is -2.33. The molecule has 0 saturated carbocycles. The normalized spacial score (nSPS) is 18.0. The molecule has 1 saturated heterocycles. The van der Waals surface area contributed by atoms with Crippen LogP contribution in [0.25, 0.3) is 11.0 Å². The average molecular weight is 339 g/mol. The summed E-state index contributed by atoms with van der Waals surface area (Å²) in [5.74, 6) is -0.00446. The predicted octanol–water partition coefficient (Wildman–Crippen LogP) is 2.15. The van der Waals surface area contributed by atoms with Crippen molar-refractivity contribution in [2.45, 2.75) is 32.7 Å². The number of nitrogens with one attached hydrogen (secondary N) is 2. The second-order valence-electron chi connectivity index (χ2n) is 6.76. The smallest absolute Gasteiger partial charge is 0.323 e. The number of benzene rings is 1. The zero-order chi connectivity index (χ0) is 17.6. The minimum atomic E-state index is -0.262. The number of hydrogen-bond acceptors (Lipinski definition) is 3. The molecule has 1 unspecified atom stereocenters. The third-order valence-corrected chi connectivity index (χ3v) is 4.84. The zero-order valence-corrected chi connectivity index (χ0v) is 14.4. The van der Waals surface area contributed by atoms with Gasteiger partial charge in [-0.25, -0.2) is 4.79 Å². The molecule has 1 atom stereocenters. The van der Waals surface area contributed by atoms with Gasteiger partial charge in [0.05, 0.1) is 22.8 Å². The summed E-state index contributed by atoms with van der Waals surface area (Å²) < 4.78 is 2.04. The van der Waals surface area contributed by atoms with Gasteiger partial charge in [-0.05, 0) is 51.0 Å². The largest absolute Gasteiger partial charge is 0.337 e. The molecule has 3 heterocycles. The Bertz CT molecular complexity index is 996. The fourth-order valence-corrected chi connectivity index (χ4v) is 3.70. The molecule has 2 aromatic heterocycles. The number of likely N-dealkylation sites (tertiary alicyclic amines) is 1. The van der Waals surface area contributed by atoms with Crippen LogP contribution in [0.2, 0.25) is 0 Å². The van der Waals surface area contributed by atoms with Gasteiger partial charge in [-0.3, -0.25) is 9.48 Å². The second-order valence-corrected chi connectivity index (χ2v) is 6.76. The molecule has 2 N–H and O–H groups in total. The van der Waals surface area contributed by atoms with Crippen LogP contribution in [0.5, 0.6) is 0 Å². The van der Waals surface area contributed by atoms with Gasteiger partial charge in [-0.2, -0.15) is 5.10 Å². The first kappa shape index (κ1) is 15.7. The van der Waals surface area contributed by atoms with Crippen molar-refractivity contribution in [2.75, 3.05) is 13.1 Å². The summed E-state index contributed by atoms with van der Waals surface area (Å²) >= 11 is 0. The second kappa shape index (κ2) is 5.91. The van der Waals surface area contributed by atoms with Crippen molar-refractivity contribution in [1.29, 1.82) is 0 Å². The lowest BCUT2D eigenvalue weighted by atomic mass is 10.0. The highest BCUT2D eigenvalue weighted by Crippen LogP contribution is 2.24. The molecule has 1 fully saturated rings. The molecule has 3 aromatic rings. The number of carbonyl (C=O) groups is 1. The van der Waals surface area contributed by atoms with Gasteiger partial charge in [0, 0.05) is 24.3 Å². The fraction of sp³-hybridized carbons (Fsp3) is 0.389. The summed E-state index contributed by atoms with van der Waals surface area (Å²) in [7, 11) is 0. The first-order valence-electron chi connectivity index (χ1n) is 8.55. The summed E-state index contributed by atoms with van der Waals surface area (Å²) in [5.41, 5.74) is 3.83.